The van der Waals surface area contributed by atoms with Crippen molar-refractivity contribution in [3.05, 3.63) is 41.2 Å². The molecule has 1 saturated carbocycles. The van der Waals surface area contributed by atoms with Crippen LogP contribution in [0.5, 0.6) is 11.5 Å². The number of piperidine rings is 1. The Morgan fingerprint density at radius 3 is 2.63 bits per heavy atom. The number of aromatic amines is 1. The van der Waals surface area contributed by atoms with Crippen molar-refractivity contribution >= 4 is 17.8 Å². The molecule has 10 heteroatoms. The van der Waals surface area contributed by atoms with Crippen LogP contribution in [0.25, 0.3) is 0 Å². The number of urea groups is 1. The van der Waals surface area contributed by atoms with Crippen LogP contribution in [0.2, 0.25) is 0 Å². The molecule has 10 nitrogen and oxygen atoms in total. The van der Waals surface area contributed by atoms with Gasteiger partial charge >= 0.3 is 6.03 Å². The minimum absolute atomic E-state index is 0.0454. The van der Waals surface area contributed by atoms with Crippen molar-refractivity contribution in [2.24, 2.45) is 5.92 Å². The molecule has 1 atom stereocenters. The van der Waals surface area contributed by atoms with Crippen molar-refractivity contribution in [3.8, 4) is 11.5 Å². The summed E-state index contributed by atoms with van der Waals surface area (Å²) in [4.78, 5) is 42.6. The monoisotopic (exact) mass is 479 g/mol. The van der Waals surface area contributed by atoms with Crippen LogP contribution in [0.4, 0.5) is 4.79 Å². The van der Waals surface area contributed by atoms with Gasteiger partial charge in [0.2, 0.25) is 6.79 Å². The van der Waals surface area contributed by atoms with E-state index in [2.05, 4.69) is 15.5 Å². The Labute approximate surface area is 202 Å². The van der Waals surface area contributed by atoms with E-state index in [0.717, 1.165) is 24.1 Å². The third kappa shape index (κ3) is 3.71. The standard InChI is InChI=1S/C25H29N5O5/c1-2-25(17-7-9-29(10-8-17)22(31)19-12-18(27-28-19)16-4-5-16)23(32)30(24(33)26-25)13-15-3-6-20-21(11-15)35-14-34-20/h3,6,11-12,16-17H,2,4-5,7-10,13-14H2,1H3,(H,26,33)(H,27,28)/t25-/m0/s1. The molecule has 35 heavy (non-hydrogen) atoms. The van der Waals surface area contributed by atoms with E-state index in [0.29, 0.717) is 55.5 Å². The second-order valence-electron chi connectivity index (χ2n) is 9.88. The van der Waals surface area contributed by atoms with Gasteiger partial charge in [0, 0.05) is 24.7 Å². The lowest BCUT2D eigenvalue weighted by Crippen LogP contribution is -2.56. The molecule has 4 amide bonds. The lowest BCUT2D eigenvalue weighted by molar-refractivity contribution is -0.134. The number of H-pyrrole nitrogens is 1. The third-order valence-corrected chi connectivity index (χ3v) is 7.85. The number of nitrogens with one attached hydrogen (secondary N) is 2. The highest BCUT2D eigenvalue weighted by molar-refractivity contribution is 6.07. The van der Waals surface area contributed by atoms with Crippen molar-refractivity contribution in [3.63, 3.8) is 0 Å². The predicted molar refractivity (Wildman–Crippen MR) is 124 cm³/mol. The SMILES string of the molecule is CC[C@@]1(C2CCN(C(=O)c3cc(C4CC4)[nH]n3)CC2)NC(=O)N(Cc2ccc3c(c2)OCO3)C1=O. The number of nitrogens with zero attached hydrogens (tertiary/aromatic N) is 3. The van der Waals surface area contributed by atoms with Crippen molar-refractivity contribution < 1.29 is 23.9 Å². The van der Waals surface area contributed by atoms with Gasteiger partial charge < -0.3 is 19.7 Å². The lowest BCUT2D eigenvalue weighted by Gasteiger charge is -2.40. The summed E-state index contributed by atoms with van der Waals surface area (Å²) in [5.41, 5.74) is 1.34. The largest absolute Gasteiger partial charge is 0.454 e. The zero-order valence-electron chi connectivity index (χ0n) is 19.7. The number of hydrogen-bond donors (Lipinski definition) is 2. The topological polar surface area (TPSA) is 117 Å². The van der Waals surface area contributed by atoms with Gasteiger partial charge in [-0.05, 0) is 61.8 Å². The molecule has 3 aliphatic heterocycles. The first-order valence-electron chi connectivity index (χ1n) is 12.4. The molecule has 2 aromatic rings. The van der Waals surface area contributed by atoms with Gasteiger partial charge in [-0.25, -0.2) is 4.79 Å². The van der Waals surface area contributed by atoms with Gasteiger partial charge in [-0.2, -0.15) is 5.10 Å². The number of carbonyl (C=O) groups is 3. The van der Waals surface area contributed by atoms with Crippen LogP contribution in [0.1, 0.15) is 66.7 Å². The Morgan fingerprint density at radius 1 is 1.11 bits per heavy atom. The average molecular weight is 480 g/mol. The molecule has 0 spiro atoms. The van der Waals surface area contributed by atoms with Crippen LogP contribution in [-0.4, -0.2) is 63.3 Å². The van der Waals surface area contributed by atoms with E-state index < -0.39 is 5.54 Å². The van der Waals surface area contributed by atoms with Crippen molar-refractivity contribution in [2.75, 3.05) is 19.9 Å². The van der Waals surface area contributed by atoms with E-state index in [4.69, 9.17) is 9.47 Å². The van der Waals surface area contributed by atoms with Crippen molar-refractivity contribution in [2.45, 2.75) is 57.0 Å². The Bertz CT molecular complexity index is 1180. The first-order valence-corrected chi connectivity index (χ1v) is 12.4. The van der Waals surface area contributed by atoms with Gasteiger partial charge in [-0.1, -0.05) is 13.0 Å². The second kappa shape index (κ2) is 8.28. The summed E-state index contributed by atoms with van der Waals surface area (Å²) in [6.45, 7) is 3.33. The van der Waals surface area contributed by atoms with Crippen molar-refractivity contribution in [1.82, 2.24) is 25.3 Å². The maximum Gasteiger partial charge on any atom is 0.325 e. The number of amides is 4. The summed E-state index contributed by atoms with van der Waals surface area (Å²) >= 11 is 0. The Kier molecular flexibility index (Phi) is 5.19. The molecule has 0 unspecified atom stereocenters. The fourth-order valence-corrected chi connectivity index (χ4v) is 5.60. The number of ether oxygens (including phenoxy) is 2. The normalized spacial score (nSPS) is 24.3. The number of carbonyl (C=O) groups excluding carboxylic acids is 3. The van der Waals surface area contributed by atoms with Crippen LogP contribution < -0.4 is 14.8 Å². The molecule has 6 rings (SSSR count). The van der Waals surface area contributed by atoms with E-state index in [-0.39, 0.29) is 37.1 Å². The molecule has 1 aromatic heterocycles. The second-order valence-corrected chi connectivity index (χ2v) is 9.88. The van der Waals surface area contributed by atoms with Gasteiger partial charge in [-0.15, -0.1) is 0 Å². The van der Waals surface area contributed by atoms with Gasteiger partial charge in [0.1, 0.15) is 11.2 Å². The number of benzene rings is 1. The van der Waals surface area contributed by atoms with Crippen LogP contribution in [-0.2, 0) is 11.3 Å². The molecular formula is C25H29N5O5. The van der Waals surface area contributed by atoms with E-state index in [1.807, 2.05) is 25.1 Å². The maximum absolute atomic E-state index is 13.6. The number of rotatable bonds is 6. The van der Waals surface area contributed by atoms with Gasteiger partial charge in [0.05, 0.1) is 6.54 Å². The molecule has 2 N–H and O–H groups in total. The summed E-state index contributed by atoms with van der Waals surface area (Å²) in [6, 6.07) is 6.94. The molecule has 0 radical (unpaired) electrons. The van der Waals surface area contributed by atoms with Gasteiger partial charge in [0.15, 0.2) is 11.5 Å². The molecule has 0 bridgehead atoms. The fraction of sp³-hybridized carbons (Fsp3) is 0.520. The first-order chi connectivity index (χ1) is 17.0. The smallest absolute Gasteiger partial charge is 0.325 e. The predicted octanol–water partition coefficient (Wildman–Crippen LogP) is 2.77. The molecule has 1 aliphatic carbocycles. The minimum Gasteiger partial charge on any atom is -0.454 e. The number of fused-ring (bicyclic) bond motifs is 1. The average Bonchev–Trinajstić information content (AvgIpc) is 3.32. The number of imide groups is 1. The van der Waals surface area contributed by atoms with Crippen molar-refractivity contribution in [1.29, 1.82) is 0 Å². The molecule has 4 aliphatic rings. The quantitative estimate of drug-likeness (QED) is 0.616. The van der Waals surface area contributed by atoms with E-state index >= 15 is 0 Å². The Hall–Kier alpha value is -3.56. The summed E-state index contributed by atoms with van der Waals surface area (Å²) in [5, 5.41) is 10.2. The van der Waals surface area contributed by atoms with E-state index in [1.54, 1.807) is 11.0 Å². The fourth-order valence-electron chi connectivity index (χ4n) is 5.60. The summed E-state index contributed by atoms with van der Waals surface area (Å²) in [7, 11) is 0. The van der Waals surface area contributed by atoms with Crippen LogP contribution in [0, 0.1) is 5.92 Å². The highest BCUT2D eigenvalue weighted by atomic mass is 16.7. The lowest BCUT2D eigenvalue weighted by atomic mass is 9.75. The number of likely N-dealkylation sites (tertiary alicyclic amines) is 1. The number of aromatic nitrogens is 2. The van der Waals surface area contributed by atoms with Crippen LogP contribution >= 0.6 is 0 Å². The number of hydrogen-bond acceptors (Lipinski definition) is 6. The molecule has 4 heterocycles. The minimum atomic E-state index is -0.950. The Balaban J connectivity index is 1.13. The molecule has 184 valence electrons. The molecule has 3 fully saturated rings. The molecule has 1 aromatic carbocycles. The summed E-state index contributed by atoms with van der Waals surface area (Å²) < 4.78 is 10.8. The van der Waals surface area contributed by atoms with Crippen LogP contribution in [0.3, 0.4) is 0 Å². The summed E-state index contributed by atoms with van der Waals surface area (Å²) in [5.74, 6) is 1.47. The highest BCUT2D eigenvalue weighted by Crippen LogP contribution is 2.40. The highest BCUT2D eigenvalue weighted by Gasteiger charge is 2.55. The van der Waals surface area contributed by atoms with Crippen LogP contribution in [0.15, 0.2) is 24.3 Å². The van der Waals surface area contributed by atoms with E-state index in [9.17, 15) is 14.4 Å². The van der Waals surface area contributed by atoms with Gasteiger partial charge in [0.25, 0.3) is 11.8 Å². The third-order valence-electron chi connectivity index (χ3n) is 7.85. The first kappa shape index (κ1) is 21.9. The van der Waals surface area contributed by atoms with E-state index in [1.165, 1.54) is 4.90 Å². The zero-order valence-corrected chi connectivity index (χ0v) is 19.7. The molecular weight excluding hydrogens is 450 g/mol. The summed E-state index contributed by atoms with van der Waals surface area (Å²) in [6.07, 6.45) is 4.07. The Morgan fingerprint density at radius 2 is 1.89 bits per heavy atom. The molecule has 2 saturated heterocycles. The van der Waals surface area contributed by atoms with Gasteiger partial charge in [-0.3, -0.25) is 19.6 Å². The maximum atomic E-state index is 13.6. The zero-order chi connectivity index (χ0) is 24.2.